The largest absolute Gasteiger partial charge is 0.460 e. The van der Waals surface area contributed by atoms with Gasteiger partial charge in [-0.25, -0.2) is 4.39 Å². The average Bonchev–Trinajstić information content (AvgIpc) is 2.64. The summed E-state index contributed by atoms with van der Waals surface area (Å²) in [4.78, 5) is 0. The summed E-state index contributed by atoms with van der Waals surface area (Å²) in [6.07, 6.45) is -12.9. The van der Waals surface area contributed by atoms with Crippen LogP contribution in [0.2, 0.25) is 0 Å². The molecule has 1 atom stereocenters. The molecule has 0 bridgehead atoms. The van der Waals surface area contributed by atoms with Crippen LogP contribution < -0.4 is 0 Å². The Morgan fingerprint density at radius 2 is 0.571 bits per heavy atom. The summed E-state index contributed by atoms with van der Waals surface area (Å²) in [7, 11) is 0. The molecule has 35 heavy (non-hydrogen) atoms. The van der Waals surface area contributed by atoms with Gasteiger partial charge < -0.3 is 5.11 Å². The number of rotatable bonds is 10. The number of halogens is 22. The van der Waals surface area contributed by atoms with Gasteiger partial charge in [0.05, 0.1) is 0 Å². The van der Waals surface area contributed by atoms with Gasteiger partial charge in [0.15, 0.2) is 6.10 Å². The van der Waals surface area contributed by atoms with Crippen molar-refractivity contribution in [2.24, 2.45) is 0 Å². The molecule has 1 unspecified atom stereocenters. The number of alkyl halides is 22. The Labute approximate surface area is 175 Å². The van der Waals surface area contributed by atoms with Crippen molar-refractivity contribution in [1.29, 1.82) is 0 Å². The van der Waals surface area contributed by atoms with Crippen molar-refractivity contribution in [2.75, 3.05) is 6.67 Å². The summed E-state index contributed by atoms with van der Waals surface area (Å²) < 4.78 is 284. The van der Waals surface area contributed by atoms with Crippen molar-refractivity contribution < 1.29 is 102 Å². The first-order chi connectivity index (χ1) is 14.7. The average molecular weight is 582 g/mol. The molecular formula is C12H4F22O. The predicted octanol–water partition coefficient (Wildman–Crippen LogP) is 6.60. The lowest BCUT2D eigenvalue weighted by Gasteiger charge is -2.44. The maximum atomic E-state index is 13.4. The van der Waals surface area contributed by atoms with Gasteiger partial charge in [-0.1, -0.05) is 0 Å². The number of aliphatic hydroxyl groups excluding tert-OH is 1. The van der Waals surface area contributed by atoms with E-state index in [0.717, 1.165) is 0 Å². The van der Waals surface area contributed by atoms with Gasteiger partial charge in [0.1, 0.15) is 6.67 Å². The molecule has 0 fully saturated rings. The van der Waals surface area contributed by atoms with Gasteiger partial charge in [-0.15, -0.1) is 0 Å². The Balaban J connectivity index is 7.09. The topological polar surface area (TPSA) is 20.2 Å². The molecule has 0 amide bonds. The second kappa shape index (κ2) is 8.21. The minimum atomic E-state index is -9.27. The number of hydrogen-bond acceptors (Lipinski definition) is 1. The van der Waals surface area contributed by atoms with E-state index in [1.165, 1.54) is 0 Å². The first-order valence-corrected chi connectivity index (χ1v) is 7.44. The van der Waals surface area contributed by atoms with Gasteiger partial charge in [0.25, 0.3) is 0 Å². The summed E-state index contributed by atoms with van der Waals surface area (Å²) in [6.45, 7) is -3.27. The molecule has 1 N–H and O–H groups in total. The minimum absolute atomic E-state index is 3.27. The molecule has 0 saturated carbocycles. The zero-order chi connectivity index (χ0) is 29.3. The SMILES string of the molecule is OC(CF)C(F)(F)C(F)(F)C(F)(F)C(F)(F)C(F)(F)C(F)(F)C(F)(F)C(F)(F)C(F)(F)C(F)(F)F. The Morgan fingerprint density at radius 3 is 0.771 bits per heavy atom. The highest BCUT2D eigenvalue weighted by molar-refractivity contribution is 5.18. The lowest BCUT2D eigenvalue weighted by molar-refractivity contribution is -0.475. The molecule has 0 rings (SSSR count). The maximum absolute atomic E-state index is 13.4. The molecule has 23 heteroatoms. The molecule has 0 heterocycles. The fraction of sp³-hybridized carbons (Fsp3) is 1.00. The van der Waals surface area contributed by atoms with Crippen molar-refractivity contribution in [3.8, 4) is 0 Å². The van der Waals surface area contributed by atoms with E-state index < -0.39 is 72.3 Å². The van der Waals surface area contributed by atoms with Gasteiger partial charge >= 0.3 is 59.5 Å². The third-order valence-corrected chi connectivity index (χ3v) is 4.10. The quantitative estimate of drug-likeness (QED) is 0.288. The van der Waals surface area contributed by atoms with Gasteiger partial charge in [0.2, 0.25) is 0 Å². The van der Waals surface area contributed by atoms with Gasteiger partial charge in [0, 0.05) is 0 Å². The maximum Gasteiger partial charge on any atom is 0.460 e. The summed E-state index contributed by atoms with van der Waals surface area (Å²) in [5.74, 6) is -78.8. The third kappa shape index (κ3) is 3.93. The van der Waals surface area contributed by atoms with Crippen LogP contribution in [0.25, 0.3) is 0 Å². The third-order valence-electron chi connectivity index (χ3n) is 4.10. The first kappa shape index (κ1) is 33.4. The summed E-state index contributed by atoms with van der Waals surface area (Å²) in [6, 6.07) is 0. The molecule has 0 aliphatic carbocycles. The Bertz CT molecular complexity index is 761. The van der Waals surface area contributed by atoms with Gasteiger partial charge in [-0.3, -0.25) is 0 Å². The van der Waals surface area contributed by atoms with Crippen LogP contribution >= 0.6 is 0 Å². The fourth-order valence-corrected chi connectivity index (χ4v) is 1.88. The Kier molecular flexibility index (Phi) is 7.84. The van der Waals surface area contributed by atoms with Crippen LogP contribution in [0.5, 0.6) is 0 Å². The zero-order valence-electron chi connectivity index (χ0n) is 15.0. The summed E-state index contributed by atoms with van der Waals surface area (Å²) in [5.41, 5.74) is 0. The van der Waals surface area contributed by atoms with E-state index in [0.29, 0.717) is 0 Å². The van der Waals surface area contributed by atoms with Crippen molar-refractivity contribution in [3.05, 3.63) is 0 Å². The highest BCUT2D eigenvalue weighted by Gasteiger charge is 2.98. The van der Waals surface area contributed by atoms with E-state index in [-0.39, 0.29) is 0 Å². The van der Waals surface area contributed by atoms with E-state index in [9.17, 15) is 96.6 Å². The van der Waals surface area contributed by atoms with E-state index in [1.54, 1.807) is 0 Å². The molecule has 0 aliphatic rings. The normalized spacial score (nSPS) is 17.6. The smallest absolute Gasteiger partial charge is 0.384 e. The molecule has 0 radical (unpaired) electrons. The van der Waals surface area contributed by atoms with Crippen LogP contribution in [0.1, 0.15) is 0 Å². The molecule has 0 aliphatic heterocycles. The van der Waals surface area contributed by atoms with Crippen molar-refractivity contribution >= 4 is 0 Å². The standard InChI is InChI=1S/C12H4F22O/c13-1-2(35)3(14,15)4(16,17)5(18,19)6(20,21)7(22,23)8(24,25)9(26,27)10(28,29)11(30,31)12(32,33)34/h2,35H,1H2. The first-order valence-electron chi connectivity index (χ1n) is 7.44. The van der Waals surface area contributed by atoms with Crippen LogP contribution in [0.15, 0.2) is 0 Å². The van der Waals surface area contributed by atoms with E-state index in [1.807, 2.05) is 0 Å². The molecule has 0 spiro atoms. The summed E-state index contributed by atoms with van der Waals surface area (Å²) in [5, 5.41) is 8.19. The van der Waals surface area contributed by atoms with Crippen LogP contribution in [-0.4, -0.2) is 77.4 Å². The van der Waals surface area contributed by atoms with Gasteiger partial charge in [-0.2, -0.15) is 92.2 Å². The van der Waals surface area contributed by atoms with Crippen LogP contribution in [-0.2, 0) is 0 Å². The van der Waals surface area contributed by atoms with Crippen LogP contribution in [0.3, 0.4) is 0 Å². The lowest BCUT2D eigenvalue weighted by Crippen LogP contribution is -2.77. The molecule has 212 valence electrons. The zero-order valence-corrected chi connectivity index (χ0v) is 15.0. The molecule has 1 nitrogen and oxygen atoms in total. The number of hydrogen-bond donors (Lipinski definition) is 1. The molecular weight excluding hydrogens is 578 g/mol. The predicted molar refractivity (Wildman–Crippen MR) is 62.6 cm³/mol. The van der Waals surface area contributed by atoms with E-state index in [2.05, 4.69) is 0 Å². The second-order valence-electron chi connectivity index (χ2n) is 6.39. The van der Waals surface area contributed by atoms with Crippen molar-refractivity contribution in [3.63, 3.8) is 0 Å². The molecule has 0 aromatic rings. The van der Waals surface area contributed by atoms with Crippen molar-refractivity contribution in [1.82, 2.24) is 0 Å². The highest BCUT2D eigenvalue weighted by atomic mass is 19.4. The lowest BCUT2D eigenvalue weighted by atomic mass is 9.85. The van der Waals surface area contributed by atoms with E-state index in [4.69, 9.17) is 5.11 Å². The van der Waals surface area contributed by atoms with Crippen LogP contribution in [0, 0.1) is 0 Å². The number of aliphatic hydroxyl groups is 1. The minimum Gasteiger partial charge on any atom is -0.384 e. The van der Waals surface area contributed by atoms with Crippen LogP contribution in [0.4, 0.5) is 96.6 Å². The second-order valence-corrected chi connectivity index (χ2v) is 6.39. The Hall–Kier alpha value is -1.58. The van der Waals surface area contributed by atoms with E-state index >= 15 is 0 Å². The molecule has 0 saturated heterocycles. The monoisotopic (exact) mass is 582 g/mol. The fourth-order valence-electron chi connectivity index (χ4n) is 1.88. The highest BCUT2D eigenvalue weighted by Crippen LogP contribution is 2.66. The van der Waals surface area contributed by atoms with Crippen molar-refractivity contribution in [2.45, 2.75) is 65.6 Å². The Morgan fingerprint density at radius 1 is 0.371 bits per heavy atom. The van der Waals surface area contributed by atoms with Gasteiger partial charge in [-0.05, 0) is 0 Å². The summed E-state index contributed by atoms with van der Waals surface area (Å²) >= 11 is 0. The molecule has 0 aromatic heterocycles. The molecule has 0 aromatic carbocycles.